The van der Waals surface area contributed by atoms with Crippen LogP contribution in [0.3, 0.4) is 0 Å². The summed E-state index contributed by atoms with van der Waals surface area (Å²) in [5.41, 5.74) is 15.3. The first-order valence-corrected chi connectivity index (χ1v) is 21.3. The van der Waals surface area contributed by atoms with E-state index in [0.717, 1.165) is 22.6 Å². The first-order chi connectivity index (χ1) is 29.8. The van der Waals surface area contributed by atoms with Crippen molar-refractivity contribution in [3.05, 3.63) is 237 Å². The molecule has 0 fully saturated rings. The van der Waals surface area contributed by atoms with Gasteiger partial charge in [-0.25, -0.2) is 0 Å². The maximum atomic E-state index is 2.48. The predicted molar refractivity (Wildman–Crippen MR) is 259 cm³/mol. The molecule has 0 spiro atoms. The molecule has 0 amide bonds. The maximum Gasteiger partial charge on any atom is 0.0540 e. The standard InChI is InChI=1S/C58H39NS/c1-2-18-40(19-3-1)46-23-6-7-24-47(46)48-25-8-9-26-49(48)50-27-10-13-33-55(50)59(43-38-36-42(37-39-43)45-30-16-21-41-20-4-5-22-44(41)45)56-34-14-11-28-51(56)53-31-17-32-54-52-29-12-15-35-57(52)60-58(53)54/h1-39H. The van der Waals surface area contributed by atoms with Gasteiger partial charge in [-0.15, -0.1) is 11.3 Å². The van der Waals surface area contributed by atoms with Gasteiger partial charge in [0.2, 0.25) is 0 Å². The predicted octanol–water partition coefficient (Wildman–Crippen LogP) is 17.0. The number of para-hydroxylation sites is 2. The summed E-state index contributed by atoms with van der Waals surface area (Å²) in [5, 5.41) is 5.09. The van der Waals surface area contributed by atoms with Gasteiger partial charge >= 0.3 is 0 Å². The minimum atomic E-state index is 1.09. The Morgan fingerprint density at radius 1 is 0.267 bits per heavy atom. The monoisotopic (exact) mass is 781 g/mol. The topological polar surface area (TPSA) is 3.24 Å². The molecule has 1 nitrogen and oxygen atoms in total. The number of benzene rings is 10. The lowest BCUT2D eigenvalue weighted by Crippen LogP contribution is -2.12. The lowest BCUT2D eigenvalue weighted by molar-refractivity contribution is 1.28. The van der Waals surface area contributed by atoms with Crippen LogP contribution in [0.15, 0.2) is 237 Å². The molecular formula is C58H39NS. The van der Waals surface area contributed by atoms with Crippen LogP contribution in [0.4, 0.5) is 17.1 Å². The highest BCUT2D eigenvalue weighted by Crippen LogP contribution is 2.49. The fraction of sp³-hybridized carbons (Fsp3) is 0. The highest BCUT2D eigenvalue weighted by molar-refractivity contribution is 7.26. The molecule has 282 valence electrons. The number of fused-ring (bicyclic) bond motifs is 4. The van der Waals surface area contributed by atoms with Crippen LogP contribution in [0.25, 0.3) is 86.6 Å². The maximum absolute atomic E-state index is 2.48. The summed E-state index contributed by atoms with van der Waals surface area (Å²) in [6.07, 6.45) is 0. The zero-order valence-corrected chi connectivity index (χ0v) is 33.7. The van der Waals surface area contributed by atoms with Crippen LogP contribution in [-0.2, 0) is 0 Å². The van der Waals surface area contributed by atoms with E-state index in [4.69, 9.17) is 0 Å². The van der Waals surface area contributed by atoms with Crippen LogP contribution in [0.5, 0.6) is 0 Å². The van der Waals surface area contributed by atoms with Gasteiger partial charge < -0.3 is 4.90 Å². The Bertz CT molecular complexity index is 3320. The summed E-state index contributed by atoms with van der Waals surface area (Å²) in [6.45, 7) is 0. The summed E-state index contributed by atoms with van der Waals surface area (Å²) in [6, 6.07) is 86.2. The first-order valence-electron chi connectivity index (χ1n) is 20.5. The van der Waals surface area contributed by atoms with Crippen molar-refractivity contribution in [3.63, 3.8) is 0 Å². The van der Waals surface area contributed by atoms with Gasteiger partial charge in [-0.05, 0) is 80.0 Å². The van der Waals surface area contributed by atoms with Gasteiger partial charge in [-0.3, -0.25) is 0 Å². The van der Waals surface area contributed by atoms with E-state index in [1.165, 1.54) is 81.0 Å². The minimum absolute atomic E-state index is 1.09. The van der Waals surface area contributed by atoms with Crippen LogP contribution < -0.4 is 4.90 Å². The van der Waals surface area contributed by atoms with Gasteiger partial charge in [0.05, 0.1) is 11.4 Å². The summed E-state index contributed by atoms with van der Waals surface area (Å²) in [7, 11) is 0. The van der Waals surface area contributed by atoms with E-state index >= 15 is 0 Å². The molecule has 1 heterocycles. The molecule has 10 aromatic carbocycles. The Labute approximate surface area is 354 Å². The summed E-state index contributed by atoms with van der Waals surface area (Å²) in [4.78, 5) is 2.48. The third kappa shape index (κ3) is 6.26. The van der Waals surface area contributed by atoms with Crippen molar-refractivity contribution >= 4 is 59.3 Å². The number of hydrogen-bond donors (Lipinski definition) is 0. The van der Waals surface area contributed by atoms with Crippen LogP contribution in [-0.4, -0.2) is 0 Å². The zero-order chi connectivity index (χ0) is 39.8. The molecule has 0 aliphatic rings. The van der Waals surface area contributed by atoms with Crippen molar-refractivity contribution in [2.24, 2.45) is 0 Å². The number of hydrogen-bond acceptors (Lipinski definition) is 2. The Kier molecular flexibility index (Phi) is 9.11. The Balaban J connectivity index is 1.14. The average molecular weight is 782 g/mol. The highest BCUT2D eigenvalue weighted by Gasteiger charge is 2.23. The second kappa shape index (κ2) is 15.3. The van der Waals surface area contributed by atoms with Gasteiger partial charge in [0.1, 0.15) is 0 Å². The van der Waals surface area contributed by atoms with Gasteiger partial charge in [-0.1, -0.05) is 206 Å². The van der Waals surface area contributed by atoms with E-state index in [1.54, 1.807) is 0 Å². The van der Waals surface area contributed by atoms with Gasteiger partial charge in [0.25, 0.3) is 0 Å². The molecule has 11 aromatic rings. The molecule has 0 atom stereocenters. The molecule has 0 unspecified atom stereocenters. The summed E-state index contributed by atoms with van der Waals surface area (Å²) < 4.78 is 2.60. The van der Waals surface area contributed by atoms with Gasteiger partial charge in [0, 0.05) is 42.6 Å². The molecule has 0 saturated carbocycles. The number of anilines is 3. The molecule has 0 bridgehead atoms. The lowest BCUT2D eigenvalue weighted by atomic mass is 9.88. The molecule has 2 heteroatoms. The van der Waals surface area contributed by atoms with E-state index in [1.807, 2.05) is 11.3 Å². The second-order valence-corrected chi connectivity index (χ2v) is 16.2. The van der Waals surface area contributed by atoms with E-state index < -0.39 is 0 Å². The highest BCUT2D eigenvalue weighted by atomic mass is 32.1. The number of rotatable bonds is 8. The van der Waals surface area contributed by atoms with Gasteiger partial charge in [0.15, 0.2) is 0 Å². The third-order valence-electron chi connectivity index (χ3n) is 11.7. The van der Waals surface area contributed by atoms with Crippen LogP contribution in [0.2, 0.25) is 0 Å². The van der Waals surface area contributed by atoms with E-state index in [-0.39, 0.29) is 0 Å². The molecule has 11 rings (SSSR count). The average Bonchev–Trinajstić information content (AvgIpc) is 3.72. The summed E-state index contributed by atoms with van der Waals surface area (Å²) in [5.74, 6) is 0. The van der Waals surface area contributed by atoms with Crippen molar-refractivity contribution in [2.45, 2.75) is 0 Å². The Morgan fingerprint density at radius 2 is 0.717 bits per heavy atom. The fourth-order valence-electron chi connectivity index (χ4n) is 8.97. The first kappa shape index (κ1) is 35.6. The number of nitrogens with zero attached hydrogens (tertiary/aromatic N) is 1. The van der Waals surface area contributed by atoms with E-state index in [9.17, 15) is 0 Å². The SMILES string of the molecule is c1ccc(-c2ccccc2-c2ccccc2-c2ccccc2N(c2ccc(-c3cccc4ccccc34)cc2)c2ccccc2-c2cccc3c2sc2ccccc23)cc1. The molecular weight excluding hydrogens is 743 g/mol. The molecule has 0 N–H and O–H groups in total. The third-order valence-corrected chi connectivity index (χ3v) is 12.9. The van der Waals surface area contributed by atoms with E-state index in [2.05, 4.69) is 241 Å². The normalized spacial score (nSPS) is 11.3. The van der Waals surface area contributed by atoms with Crippen LogP contribution in [0.1, 0.15) is 0 Å². The fourth-order valence-corrected chi connectivity index (χ4v) is 10.2. The van der Waals surface area contributed by atoms with Crippen molar-refractivity contribution in [3.8, 4) is 55.6 Å². The van der Waals surface area contributed by atoms with Crippen molar-refractivity contribution < 1.29 is 0 Å². The molecule has 0 aliphatic carbocycles. The minimum Gasteiger partial charge on any atom is -0.309 e. The molecule has 1 aromatic heterocycles. The molecule has 0 saturated heterocycles. The van der Waals surface area contributed by atoms with Crippen molar-refractivity contribution in [2.75, 3.05) is 4.90 Å². The molecule has 0 aliphatic heterocycles. The second-order valence-electron chi connectivity index (χ2n) is 15.2. The van der Waals surface area contributed by atoms with E-state index in [0.29, 0.717) is 0 Å². The largest absolute Gasteiger partial charge is 0.309 e. The molecule has 60 heavy (non-hydrogen) atoms. The van der Waals surface area contributed by atoms with Gasteiger partial charge in [-0.2, -0.15) is 0 Å². The quantitative estimate of drug-likeness (QED) is 0.148. The Hall–Kier alpha value is -7.52. The Morgan fingerprint density at radius 3 is 1.45 bits per heavy atom. The van der Waals surface area contributed by atoms with Crippen LogP contribution in [0, 0.1) is 0 Å². The van der Waals surface area contributed by atoms with Crippen molar-refractivity contribution in [1.82, 2.24) is 0 Å². The summed E-state index contributed by atoms with van der Waals surface area (Å²) >= 11 is 1.88. The van der Waals surface area contributed by atoms with Crippen molar-refractivity contribution in [1.29, 1.82) is 0 Å². The lowest BCUT2D eigenvalue weighted by Gasteiger charge is -2.30. The van der Waals surface area contributed by atoms with Crippen LogP contribution >= 0.6 is 11.3 Å². The number of thiophene rings is 1. The zero-order valence-electron chi connectivity index (χ0n) is 32.9. The molecule has 0 radical (unpaired) electrons. The smallest absolute Gasteiger partial charge is 0.0540 e.